The number of hydrogen-bond acceptors (Lipinski definition) is 2. The number of amides is 1. The maximum absolute atomic E-state index is 8.67. The topological polar surface area (TPSA) is 66.2 Å². The van der Waals surface area contributed by atoms with Crippen LogP contribution >= 0.6 is 0 Å². The molecule has 0 saturated heterocycles. The number of carboxylic acid groups (broad SMARTS) is 1. The molecular formula is C8H14INO2. The molecule has 0 unspecified atom stereocenters. The fraction of sp³-hybridized carbons (Fsp3) is 0.625. The molecule has 3 nitrogen and oxygen atoms in total. The van der Waals surface area contributed by atoms with Crippen LogP contribution in [-0.4, -0.2) is 10.5 Å². The lowest BCUT2D eigenvalue weighted by Crippen LogP contribution is -3.60. The van der Waals surface area contributed by atoms with E-state index < -0.39 is 6.09 Å². The van der Waals surface area contributed by atoms with Gasteiger partial charge in [-0.15, -0.1) is 0 Å². The lowest BCUT2D eigenvalue weighted by molar-refractivity contribution is -0.567. The molecule has 2 N–H and O–H groups in total. The molecule has 70 valence electrons. The van der Waals surface area contributed by atoms with Crippen molar-refractivity contribution in [2.24, 2.45) is 5.73 Å². The molecule has 0 rings (SSSR count). The third kappa shape index (κ3) is 33.7. The third-order valence-electron chi connectivity index (χ3n) is 0.743. The van der Waals surface area contributed by atoms with Gasteiger partial charge in [0, 0.05) is 6.92 Å². The molecule has 0 aromatic carbocycles. The van der Waals surface area contributed by atoms with Gasteiger partial charge in [-0.3, -0.25) is 0 Å². The van der Waals surface area contributed by atoms with Gasteiger partial charge >= 0.3 is 21.2 Å². The lowest BCUT2D eigenvalue weighted by atomic mass is 10.4. The Morgan fingerprint density at radius 3 is 2.50 bits per heavy atom. The van der Waals surface area contributed by atoms with Gasteiger partial charge in [-0.25, -0.2) is 0 Å². The zero-order chi connectivity index (χ0) is 9.82. The van der Waals surface area contributed by atoms with Crippen LogP contribution in [0.5, 0.6) is 0 Å². The summed E-state index contributed by atoms with van der Waals surface area (Å²) >= 11 is 0.257. The Kier molecular flexibility index (Phi) is 15.5. The van der Waals surface area contributed by atoms with E-state index in [4.69, 9.17) is 9.90 Å². The van der Waals surface area contributed by atoms with Gasteiger partial charge in [0.15, 0.2) is 8.35 Å². The summed E-state index contributed by atoms with van der Waals surface area (Å²) in [4.78, 5) is 8.67. The van der Waals surface area contributed by atoms with Crippen molar-refractivity contribution in [1.82, 2.24) is 0 Å². The van der Waals surface area contributed by atoms with Gasteiger partial charge in [-0.2, -0.15) is 0 Å². The van der Waals surface area contributed by atoms with Gasteiger partial charge in [0.25, 0.3) is 0 Å². The van der Waals surface area contributed by atoms with Crippen LogP contribution in [-0.2, 0) is 0 Å². The molecular weight excluding hydrogens is 269 g/mol. The number of carbonyl (C=O) groups excluding carboxylic acids is 1. The van der Waals surface area contributed by atoms with Crippen molar-refractivity contribution in [2.75, 3.05) is 4.43 Å². The summed E-state index contributed by atoms with van der Waals surface area (Å²) in [6, 6.07) is 0. The van der Waals surface area contributed by atoms with Crippen molar-refractivity contribution in [3.05, 3.63) is 0 Å². The smallest absolute Gasteiger partial charge is 0.374 e. The van der Waals surface area contributed by atoms with Crippen LogP contribution in [0.25, 0.3) is 0 Å². The Hall–Kier alpha value is -0.440. The minimum absolute atomic E-state index is 0.257. The van der Waals surface area contributed by atoms with Crippen molar-refractivity contribution >= 4 is 6.09 Å². The van der Waals surface area contributed by atoms with Gasteiger partial charge in [0.05, 0.1) is 0 Å². The monoisotopic (exact) mass is 283 g/mol. The maximum atomic E-state index is 8.67. The molecule has 0 spiro atoms. The fourth-order valence-electron chi connectivity index (χ4n) is 0.315. The Bertz CT molecular complexity index is 156. The minimum atomic E-state index is -1.58. The molecule has 0 aliphatic rings. The van der Waals surface area contributed by atoms with Crippen molar-refractivity contribution < 1.29 is 31.1 Å². The first kappa shape index (κ1) is 14.1. The predicted molar refractivity (Wildman–Crippen MR) is 42.8 cm³/mol. The minimum Gasteiger partial charge on any atom is -0.530 e. The molecule has 0 fully saturated rings. The summed E-state index contributed by atoms with van der Waals surface area (Å²) in [7, 11) is 0. The molecule has 0 atom stereocenters. The van der Waals surface area contributed by atoms with Crippen LogP contribution in [0.1, 0.15) is 26.7 Å². The van der Waals surface area contributed by atoms with Crippen LogP contribution in [0, 0.1) is 9.85 Å². The predicted octanol–water partition coefficient (Wildman–Crippen LogP) is -2.86. The quantitative estimate of drug-likeness (QED) is 0.262. The second-order valence-corrected chi connectivity index (χ2v) is 4.22. The van der Waals surface area contributed by atoms with Gasteiger partial charge in [-0.1, -0.05) is 19.3 Å². The van der Waals surface area contributed by atoms with E-state index in [2.05, 4.69) is 22.5 Å². The van der Waals surface area contributed by atoms with Crippen LogP contribution < -0.4 is 32.0 Å². The Balaban J connectivity index is 0. The highest BCUT2D eigenvalue weighted by molar-refractivity contribution is 5.58. The molecule has 12 heavy (non-hydrogen) atoms. The molecule has 0 saturated carbocycles. The van der Waals surface area contributed by atoms with Crippen LogP contribution in [0.2, 0.25) is 0 Å². The number of rotatable bonds is 3. The van der Waals surface area contributed by atoms with E-state index in [0.717, 1.165) is 0 Å². The fourth-order valence-corrected chi connectivity index (χ4v) is 2.11. The van der Waals surface area contributed by atoms with Crippen molar-refractivity contribution in [2.45, 2.75) is 26.7 Å². The van der Waals surface area contributed by atoms with Crippen molar-refractivity contribution in [3.63, 3.8) is 0 Å². The van der Waals surface area contributed by atoms with E-state index in [1.807, 2.05) is 6.92 Å². The van der Waals surface area contributed by atoms with Gasteiger partial charge in [0.2, 0.25) is 0 Å². The summed E-state index contributed by atoms with van der Waals surface area (Å²) in [5.41, 5.74) is 3.92. The molecule has 0 radical (unpaired) electrons. The highest BCUT2D eigenvalue weighted by Gasteiger charge is 1.97. The van der Waals surface area contributed by atoms with E-state index in [1.165, 1.54) is 17.3 Å². The van der Waals surface area contributed by atoms with Gasteiger partial charge < -0.3 is 15.6 Å². The highest BCUT2D eigenvalue weighted by atomic mass is 127. The number of carbonyl (C=O) groups is 1. The molecule has 0 bridgehead atoms. The number of alkyl halides is 1. The second-order valence-electron chi connectivity index (χ2n) is 1.84. The second kappa shape index (κ2) is 13.2. The third-order valence-corrected chi connectivity index (χ3v) is 2.97. The zero-order valence-corrected chi connectivity index (χ0v) is 9.55. The van der Waals surface area contributed by atoms with E-state index in [9.17, 15) is 0 Å². The van der Waals surface area contributed by atoms with Crippen LogP contribution in [0.3, 0.4) is 0 Å². The number of unbranched alkanes of at least 4 members (excludes halogenated alkanes) is 1. The summed E-state index contributed by atoms with van der Waals surface area (Å²) in [6.07, 6.45) is 1.12. The summed E-state index contributed by atoms with van der Waals surface area (Å²) in [5.74, 6) is 2.93. The Morgan fingerprint density at radius 1 is 1.67 bits per heavy atom. The van der Waals surface area contributed by atoms with Crippen molar-refractivity contribution in [3.8, 4) is 9.85 Å². The number of hydrogen-bond donors (Lipinski definition) is 1. The average Bonchev–Trinajstić information content (AvgIpc) is 1.97. The van der Waals surface area contributed by atoms with Gasteiger partial charge in [0.1, 0.15) is 6.09 Å². The normalized spacial score (nSPS) is 7.17. The number of primary amides is 1. The molecule has 0 aromatic rings. The van der Waals surface area contributed by atoms with E-state index in [0.29, 0.717) is 0 Å². The summed E-state index contributed by atoms with van der Waals surface area (Å²) in [5, 5.41) is 8.67. The first-order chi connectivity index (χ1) is 5.65. The molecule has 0 heterocycles. The Morgan fingerprint density at radius 2 is 2.17 bits per heavy atom. The highest BCUT2D eigenvalue weighted by Crippen LogP contribution is 1.75. The SMILES string of the molecule is CC#C[I+]CCCC.NC(=O)[O-]. The first-order valence-electron chi connectivity index (χ1n) is 3.61. The number of halogens is 1. The molecule has 0 aromatic heterocycles. The van der Waals surface area contributed by atoms with Crippen LogP contribution in [0.15, 0.2) is 0 Å². The average molecular weight is 283 g/mol. The lowest BCUT2D eigenvalue weighted by Gasteiger charge is -1.78. The van der Waals surface area contributed by atoms with E-state index in [1.54, 1.807) is 0 Å². The van der Waals surface area contributed by atoms with E-state index in [-0.39, 0.29) is 21.2 Å². The summed E-state index contributed by atoms with van der Waals surface area (Å²) in [6.45, 7) is 4.15. The van der Waals surface area contributed by atoms with Crippen molar-refractivity contribution in [1.29, 1.82) is 0 Å². The summed E-state index contributed by atoms with van der Waals surface area (Å²) < 4.78 is 4.53. The number of nitrogens with two attached hydrogens (primary N) is 1. The van der Waals surface area contributed by atoms with Gasteiger partial charge in [-0.05, 0) is 6.42 Å². The molecule has 4 heteroatoms. The standard InChI is InChI=1S/C7H12I.CH3NO2/c1-3-5-7-8-6-4-2;2-1(3)4/h3,5,7H2,1-2H3;2H2,(H,3,4)/q+1;/p-1. The molecule has 0 aliphatic carbocycles. The maximum Gasteiger partial charge on any atom is 0.374 e. The molecule has 1 amide bonds. The zero-order valence-electron chi connectivity index (χ0n) is 7.39. The molecule has 0 aliphatic heterocycles. The van der Waals surface area contributed by atoms with Crippen LogP contribution in [0.4, 0.5) is 4.79 Å². The Labute approximate surface area is 84.0 Å². The van der Waals surface area contributed by atoms with E-state index >= 15 is 0 Å². The first-order valence-corrected chi connectivity index (χ1v) is 6.21. The largest absolute Gasteiger partial charge is 0.530 e.